The van der Waals surface area contributed by atoms with Gasteiger partial charge in [0.2, 0.25) is 0 Å². The number of esters is 1. The van der Waals surface area contributed by atoms with Gasteiger partial charge in [0.1, 0.15) is 0 Å². The Hall–Kier alpha value is -0.570. The second-order valence-corrected chi connectivity index (χ2v) is 5.75. The van der Waals surface area contributed by atoms with Gasteiger partial charge >= 0.3 is 5.97 Å². The van der Waals surface area contributed by atoms with Gasteiger partial charge in [-0.3, -0.25) is 0 Å². The van der Waals surface area contributed by atoms with E-state index in [9.17, 15) is 9.90 Å². The molecule has 1 saturated carbocycles. The fourth-order valence-corrected chi connectivity index (χ4v) is 2.84. The third-order valence-corrected chi connectivity index (χ3v) is 3.69. The third-order valence-electron chi connectivity index (χ3n) is 3.69. The highest BCUT2D eigenvalue weighted by Gasteiger charge is 2.38. The van der Waals surface area contributed by atoms with Crippen LogP contribution in [0, 0.1) is 17.3 Å². The van der Waals surface area contributed by atoms with Gasteiger partial charge in [0.05, 0.1) is 6.61 Å². The number of ether oxygens (including phenoxy) is 1. The van der Waals surface area contributed by atoms with Gasteiger partial charge in [-0.25, -0.2) is 4.79 Å². The van der Waals surface area contributed by atoms with Gasteiger partial charge < -0.3 is 9.84 Å². The molecule has 0 radical (unpaired) electrons. The predicted octanol–water partition coefficient (Wildman–Crippen LogP) is 2.37. The van der Waals surface area contributed by atoms with Crippen molar-refractivity contribution in [3.63, 3.8) is 0 Å². The van der Waals surface area contributed by atoms with Crippen LogP contribution in [0.5, 0.6) is 0 Å². The largest absolute Gasteiger partial charge is 0.464 e. The molecule has 0 saturated heterocycles. The second-order valence-electron chi connectivity index (χ2n) is 5.75. The molecule has 0 aromatic carbocycles. The zero-order valence-electron chi connectivity index (χ0n) is 10.8. The Morgan fingerprint density at radius 2 is 2.19 bits per heavy atom. The maximum atomic E-state index is 11.5. The van der Waals surface area contributed by atoms with E-state index in [1.807, 2.05) is 0 Å². The molecule has 3 heteroatoms. The van der Waals surface area contributed by atoms with Crippen molar-refractivity contribution in [1.29, 1.82) is 0 Å². The summed E-state index contributed by atoms with van der Waals surface area (Å²) in [6.07, 6.45) is 2.10. The quantitative estimate of drug-likeness (QED) is 0.754. The zero-order valence-corrected chi connectivity index (χ0v) is 10.8. The lowest BCUT2D eigenvalue weighted by atomic mass is 9.66. The molecule has 0 bridgehead atoms. The Balaban J connectivity index is 2.58. The van der Waals surface area contributed by atoms with Crippen molar-refractivity contribution < 1.29 is 14.6 Å². The lowest BCUT2D eigenvalue weighted by molar-refractivity contribution is -0.158. The van der Waals surface area contributed by atoms with Crippen molar-refractivity contribution in [2.75, 3.05) is 6.61 Å². The number of hydrogen-bond donors (Lipinski definition) is 1. The molecule has 3 nitrogen and oxygen atoms in total. The van der Waals surface area contributed by atoms with Crippen LogP contribution in [0.15, 0.2) is 0 Å². The Morgan fingerprint density at radius 3 is 2.69 bits per heavy atom. The van der Waals surface area contributed by atoms with E-state index in [-0.39, 0.29) is 5.92 Å². The van der Waals surface area contributed by atoms with Gasteiger partial charge in [0, 0.05) is 0 Å². The van der Waals surface area contributed by atoms with E-state index in [1.165, 1.54) is 0 Å². The molecule has 3 atom stereocenters. The molecule has 1 N–H and O–H groups in total. The van der Waals surface area contributed by atoms with E-state index in [1.54, 1.807) is 6.92 Å². The summed E-state index contributed by atoms with van der Waals surface area (Å²) in [5, 5.41) is 9.94. The topological polar surface area (TPSA) is 46.5 Å². The highest BCUT2D eigenvalue weighted by atomic mass is 16.5. The Kier molecular flexibility index (Phi) is 4.36. The van der Waals surface area contributed by atoms with Crippen LogP contribution in [0.25, 0.3) is 0 Å². The van der Waals surface area contributed by atoms with Crippen molar-refractivity contribution >= 4 is 5.97 Å². The van der Waals surface area contributed by atoms with E-state index in [4.69, 9.17) is 4.74 Å². The highest BCUT2D eigenvalue weighted by molar-refractivity contribution is 5.74. The maximum absolute atomic E-state index is 11.5. The second kappa shape index (κ2) is 5.17. The summed E-state index contributed by atoms with van der Waals surface area (Å²) in [6, 6.07) is 0. The summed E-state index contributed by atoms with van der Waals surface area (Å²) < 4.78 is 4.87. The smallest absolute Gasteiger partial charge is 0.335 e. The summed E-state index contributed by atoms with van der Waals surface area (Å²) in [5.41, 5.74) is 0.338. The average Bonchev–Trinajstić information content (AvgIpc) is 2.16. The fourth-order valence-electron chi connectivity index (χ4n) is 2.84. The summed E-state index contributed by atoms with van der Waals surface area (Å²) in [4.78, 5) is 11.5. The number of carbonyl (C=O) groups excluding carboxylic acids is 1. The SMILES string of the molecule is CCOC(=O)C(O)C1CCC(C)(C)CC1C. The van der Waals surface area contributed by atoms with Crippen LogP contribution < -0.4 is 0 Å². The molecule has 1 fully saturated rings. The van der Waals surface area contributed by atoms with Crippen LogP contribution in [0.3, 0.4) is 0 Å². The van der Waals surface area contributed by atoms with Crippen LogP contribution in [-0.2, 0) is 9.53 Å². The molecule has 16 heavy (non-hydrogen) atoms. The summed E-state index contributed by atoms with van der Waals surface area (Å²) in [6.45, 7) is 8.71. The normalized spacial score (nSPS) is 30.8. The predicted molar refractivity (Wildman–Crippen MR) is 62.9 cm³/mol. The number of aliphatic hydroxyl groups excluding tert-OH is 1. The Morgan fingerprint density at radius 1 is 1.56 bits per heavy atom. The minimum Gasteiger partial charge on any atom is -0.464 e. The first-order valence-electron chi connectivity index (χ1n) is 6.22. The first-order chi connectivity index (χ1) is 7.37. The molecule has 3 unspecified atom stereocenters. The lowest BCUT2D eigenvalue weighted by Gasteiger charge is -2.40. The minimum absolute atomic E-state index is 0.0621. The van der Waals surface area contributed by atoms with E-state index >= 15 is 0 Å². The molecule has 1 aliphatic rings. The van der Waals surface area contributed by atoms with Crippen molar-refractivity contribution in [3.8, 4) is 0 Å². The van der Waals surface area contributed by atoms with Crippen molar-refractivity contribution in [3.05, 3.63) is 0 Å². The maximum Gasteiger partial charge on any atom is 0.335 e. The molecule has 0 spiro atoms. The highest BCUT2D eigenvalue weighted by Crippen LogP contribution is 2.42. The van der Waals surface area contributed by atoms with Crippen molar-refractivity contribution in [2.24, 2.45) is 17.3 Å². The fraction of sp³-hybridized carbons (Fsp3) is 0.923. The molecule has 1 aliphatic carbocycles. The van der Waals surface area contributed by atoms with Crippen LogP contribution in [0.1, 0.15) is 47.0 Å². The monoisotopic (exact) mass is 228 g/mol. The first-order valence-corrected chi connectivity index (χ1v) is 6.22. The molecular weight excluding hydrogens is 204 g/mol. The van der Waals surface area contributed by atoms with E-state index < -0.39 is 12.1 Å². The molecule has 0 aliphatic heterocycles. The summed E-state index contributed by atoms with van der Waals surface area (Å²) in [5.74, 6) is -0.0192. The molecule has 0 heterocycles. The number of hydrogen-bond acceptors (Lipinski definition) is 3. The molecule has 94 valence electrons. The minimum atomic E-state index is -0.939. The van der Waals surface area contributed by atoms with Gasteiger partial charge in [-0.2, -0.15) is 0 Å². The van der Waals surface area contributed by atoms with Crippen LogP contribution in [0.2, 0.25) is 0 Å². The van der Waals surface area contributed by atoms with Crippen molar-refractivity contribution in [2.45, 2.75) is 53.1 Å². The van der Waals surface area contributed by atoms with Crippen LogP contribution in [-0.4, -0.2) is 23.8 Å². The molecule has 0 aromatic rings. The van der Waals surface area contributed by atoms with Crippen LogP contribution in [0.4, 0.5) is 0 Å². The number of aliphatic hydroxyl groups is 1. The standard InChI is InChI=1S/C13H24O3/c1-5-16-12(15)11(14)10-6-7-13(3,4)8-9(10)2/h9-11,14H,5-8H2,1-4H3. The van der Waals surface area contributed by atoms with Gasteiger partial charge in [-0.05, 0) is 43.4 Å². The first kappa shape index (κ1) is 13.5. The van der Waals surface area contributed by atoms with Crippen LogP contribution >= 0.6 is 0 Å². The van der Waals surface area contributed by atoms with E-state index in [0.717, 1.165) is 19.3 Å². The average molecular weight is 228 g/mol. The lowest BCUT2D eigenvalue weighted by Crippen LogP contribution is -2.40. The van der Waals surface area contributed by atoms with Gasteiger partial charge in [0.25, 0.3) is 0 Å². The molecule has 0 amide bonds. The molecular formula is C13H24O3. The Labute approximate surface area is 98.2 Å². The third kappa shape index (κ3) is 3.21. The molecule has 1 rings (SSSR count). The zero-order chi connectivity index (χ0) is 12.3. The van der Waals surface area contributed by atoms with Gasteiger partial charge in [-0.1, -0.05) is 20.8 Å². The molecule has 0 aromatic heterocycles. The van der Waals surface area contributed by atoms with Gasteiger partial charge in [-0.15, -0.1) is 0 Å². The number of rotatable bonds is 3. The van der Waals surface area contributed by atoms with Crippen molar-refractivity contribution in [1.82, 2.24) is 0 Å². The van der Waals surface area contributed by atoms with E-state index in [2.05, 4.69) is 20.8 Å². The Bertz CT molecular complexity index is 248. The number of carbonyl (C=O) groups is 1. The van der Waals surface area contributed by atoms with Gasteiger partial charge in [0.15, 0.2) is 6.10 Å². The summed E-state index contributed by atoms with van der Waals surface area (Å²) in [7, 11) is 0. The summed E-state index contributed by atoms with van der Waals surface area (Å²) >= 11 is 0. The van der Waals surface area contributed by atoms with E-state index in [0.29, 0.717) is 17.9 Å².